The molecule has 1 rings (SSSR count). The largest absolute Gasteiger partial charge is 0.255 e. The van der Waals surface area contributed by atoms with Gasteiger partial charge in [0.2, 0.25) is 0 Å². The Labute approximate surface area is 82.1 Å². The topological polar surface area (TPSA) is 12.9 Å². The van der Waals surface area contributed by atoms with Gasteiger partial charge in [-0.1, -0.05) is 30.0 Å². The van der Waals surface area contributed by atoms with Gasteiger partial charge in [-0.15, -0.1) is 0 Å². The van der Waals surface area contributed by atoms with Crippen molar-refractivity contribution in [1.29, 1.82) is 0 Å². The molecule has 0 spiro atoms. The number of pyridine rings is 1. The minimum Gasteiger partial charge on any atom is -0.255 e. The van der Waals surface area contributed by atoms with Crippen LogP contribution >= 0.6 is 0 Å². The minimum atomic E-state index is 0.629. The zero-order valence-electron chi connectivity index (χ0n) is 8.09. The second kappa shape index (κ2) is 3.82. The van der Waals surface area contributed by atoms with Gasteiger partial charge in [-0.2, -0.15) is 0 Å². The number of nitrogens with zero attached hydrogens (tertiary/aromatic N) is 1. The van der Waals surface area contributed by atoms with E-state index in [4.69, 9.17) is 15.7 Å². The summed E-state index contributed by atoms with van der Waals surface area (Å²) >= 11 is 0. The summed E-state index contributed by atoms with van der Waals surface area (Å²) in [6, 6.07) is 0. The number of rotatable bonds is 2. The van der Waals surface area contributed by atoms with Gasteiger partial charge in [0.1, 0.15) is 15.7 Å². The molecule has 3 heteroatoms. The molecule has 0 amide bonds. The molecule has 0 unspecified atom stereocenters. The summed E-state index contributed by atoms with van der Waals surface area (Å²) < 4.78 is 0. The van der Waals surface area contributed by atoms with E-state index < -0.39 is 0 Å². The summed E-state index contributed by atoms with van der Waals surface area (Å²) in [6.45, 7) is 7.57. The second-order valence-corrected chi connectivity index (χ2v) is 2.95. The zero-order valence-corrected chi connectivity index (χ0v) is 8.09. The number of hydrogen-bond acceptors (Lipinski definition) is 1. The van der Waals surface area contributed by atoms with Crippen LogP contribution in [0.15, 0.2) is 6.58 Å². The first kappa shape index (κ1) is 10.1. The van der Waals surface area contributed by atoms with Gasteiger partial charge >= 0.3 is 0 Å². The quantitative estimate of drug-likeness (QED) is 0.572. The van der Waals surface area contributed by atoms with Crippen LogP contribution in [0.3, 0.4) is 0 Å². The van der Waals surface area contributed by atoms with Crippen LogP contribution in [0, 0.1) is 6.92 Å². The van der Waals surface area contributed by atoms with Crippen LogP contribution in [-0.4, -0.2) is 20.7 Å². The molecule has 0 saturated heterocycles. The van der Waals surface area contributed by atoms with Crippen molar-refractivity contribution in [1.82, 2.24) is 4.98 Å². The molecular weight excluding hydrogens is 156 g/mol. The molecule has 1 nitrogen and oxygen atoms in total. The molecule has 1 aromatic heterocycles. The van der Waals surface area contributed by atoms with Gasteiger partial charge in [-0.05, 0) is 19.4 Å². The molecule has 0 N–H and O–H groups in total. The van der Waals surface area contributed by atoms with Crippen molar-refractivity contribution >= 4 is 32.7 Å². The standard InChI is InChI=1S/C10H11B2N/c1-4-7-9(11)6(3)10(12)8(5-2)13-7/h4H,1,5H2,2-3H3. The highest BCUT2D eigenvalue weighted by Gasteiger charge is 2.06. The van der Waals surface area contributed by atoms with E-state index in [2.05, 4.69) is 11.6 Å². The normalized spacial score (nSPS) is 10.0. The first-order valence-electron chi connectivity index (χ1n) is 4.28. The maximum Gasteiger partial charge on any atom is 0.117 e. The number of aryl methyl sites for hydroxylation is 1. The Kier molecular flexibility index (Phi) is 2.97. The van der Waals surface area contributed by atoms with Crippen LogP contribution in [0.5, 0.6) is 0 Å². The van der Waals surface area contributed by atoms with E-state index in [9.17, 15) is 0 Å². The Morgan fingerprint density at radius 3 is 2.46 bits per heavy atom. The summed E-state index contributed by atoms with van der Waals surface area (Å²) in [6.07, 6.45) is 2.47. The van der Waals surface area contributed by atoms with E-state index in [1.807, 2.05) is 13.8 Å². The molecule has 0 aliphatic heterocycles. The summed E-state index contributed by atoms with van der Waals surface area (Å²) in [5, 5.41) is 0. The van der Waals surface area contributed by atoms with Crippen molar-refractivity contribution in [2.24, 2.45) is 0 Å². The van der Waals surface area contributed by atoms with Gasteiger partial charge in [0, 0.05) is 5.69 Å². The maximum absolute atomic E-state index is 5.84. The molecule has 0 bridgehead atoms. The first-order chi connectivity index (χ1) is 6.11. The molecular formula is C10H11B2N. The fourth-order valence-corrected chi connectivity index (χ4v) is 1.24. The van der Waals surface area contributed by atoms with Crippen LogP contribution in [-0.2, 0) is 6.42 Å². The van der Waals surface area contributed by atoms with Crippen LogP contribution in [0.4, 0.5) is 0 Å². The van der Waals surface area contributed by atoms with Crippen molar-refractivity contribution in [3.05, 3.63) is 23.5 Å². The molecule has 1 heterocycles. The van der Waals surface area contributed by atoms with Gasteiger partial charge in [-0.3, -0.25) is 4.98 Å². The maximum atomic E-state index is 5.84. The third kappa shape index (κ3) is 1.69. The third-order valence-electron chi connectivity index (χ3n) is 2.18. The molecule has 4 radical (unpaired) electrons. The molecule has 0 aromatic carbocycles. The molecule has 0 aliphatic carbocycles. The smallest absolute Gasteiger partial charge is 0.117 e. The van der Waals surface area contributed by atoms with Crippen molar-refractivity contribution in [2.75, 3.05) is 0 Å². The zero-order chi connectivity index (χ0) is 10.0. The van der Waals surface area contributed by atoms with E-state index in [1.165, 1.54) is 0 Å². The lowest BCUT2D eigenvalue weighted by molar-refractivity contribution is 1.04. The predicted octanol–water partition coefficient (Wildman–Crippen LogP) is 0.183. The van der Waals surface area contributed by atoms with Gasteiger partial charge in [0.15, 0.2) is 0 Å². The van der Waals surface area contributed by atoms with Crippen molar-refractivity contribution in [2.45, 2.75) is 20.3 Å². The molecule has 0 atom stereocenters. The lowest BCUT2D eigenvalue weighted by Crippen LogP contribution is -2.28. The van der Waals surface area contributed by atoms with Gasteiger partial charge < -0.3 is 0 Å². The Hall–Kier alpha value is -0.980. The van der Waals surface area contributed by atoms with Crippen LogP contribution in [0.25, 0.3) is 6.08 Å². The fourth-order valence-electron chi connectivity index (χ4n) is 1.24. The van der Waals surface area contributed by atoms with Crippen molar-refractivity contribution in [3.8, 4) is 0 Å². The fraction of sp³-hybridized carbons (Fsp3) is 0.300. The minimum absolute atomic E-state index is 0.629. The van der Waals surface area contributed by atoms with E-state index in [0.717, 1.165) is 23.4 Å². The number of hydrogen-bond donors (Lipinski definition) is 0. The molecule has 13 heavy (non-hydrogen) atoms. The first-order valence-corrected chi connectivity index (χ1v) is 4.28. The summed E-state index contributed by atoms with van der Waals surface area (Å²) in [5.74, 6) is 0. The van der Waals surface area contributed by atoms with Gasteiger partial charge in [0.25, 0.3) is 0 Å². The highest BCUT2D eigenvalue weighted by atomic mass is 14.7. The Morgan fingerprint density at radius 1 is 1.38 bits per heavy atom. The third-order valence-corrected chi connectivity index (χ3v) is 2.18. The molecule has 0 saturated carbocycles. The lowest BCUT2D eigenvalue weighted by atomic mass is 9.79. The summed E-state index contributed by atoms with van der Waals surface area (Å²) in [5.41, 5.74) is 3.85. The molecule has 1 aromatic rings. The SMILES string of the molecule is [B]c1c(C=C)nc(CC)c([B])c1C. The highest BCUT2D eigenvalue weighted by molar-refractivity contribution is 6.40. The summed E-state index contributed by atoms with van der Waals surface area (Å²) in [4.78, 5) is 4.30. The molecule has 0 aliphatic rings. The lowest BCUT2D eigenvalue weighted by Gasteiger charge is -2.12. The van der Waals surface area contributed by atoms with Gasteiger partial charge in [-0.25, -0.2) is 0 Å². The van der Waals surface area contributed by atoms with Crippen LogP contribution in [0.1, 0.15) is 23.9 Å². The van der Waals surface area contributed by atoms with Crippen LogP contribution in [0.2, 0.25) is 0 Å². The van der Waals surface area contributed by atoms with Gasteiger partial charge in [0.05, 0.1) is 5.69 Å². The second-order valence-electron chi connectivity index (χ2n) is 2.95. The Morgan fingerprint density at radius 2 is 2.00 bits per heavy atom. The molecule has 0 fully saturated rings. The summed E-state index contributed by atoms with van der Waals surface area (Å²) in [7, 11) is 11.6. The van der Waals surface area contributed by atoms with Crippen molar-refractivity contribution < 1.29 is 0 Å². The number of aromatic nitrogens is 1. The monoisotopic (exact) mass is 167 g/mol. The van der Waals surface area contributed by atoms with Crippen LogP contribution < -0.4 is 10.9 Å². The Bertz CT molecular complexity index is 345. The average molecular weight is 167 g/mol. The van der Waals surface area contributed by atoms with E-state index in [1.54, 1.807) is 6.08 Å². The average Bonchev–Trinajstić information content (AvgIpc) is 2.15. The van der Waals surface area contributed by atoms with E-state index in [0.29, 0.717) is 10.9 Å². The van der Waals surface area contributed by atoms with E-state index >= 15 is 0 Å². The predicted molar refractivity (Wildman–Crippen MR) is 59.2 cm³/mol. The Balaban J connectivity index is 3.45. The van der Waals surface area contributed by atoms with E-state index in [-0.39, 0.29) is 0 Å². The highest BCUT2D eigenvalue weighted by Crippen LogP contribution is 2.00. The molecule has 62 valence electrons. The van der Waals surface area contributed by atoms with Crippen molar-refractivity contribution in [3.63, 3.8) is 0 Å².